The molecule has 6 nitrogen and oxygen atoms in total. The standard InChI is InChI=1S/C66H122O6/c1-9-11-13-15-17-19-21-23-25-27-29-31-33-35-37-39-41-47-63(69)71-53-49-57(3)45-43-51-65(5,6)59-55-62(68)60(56-61(59)67)66(7,8)52-44-46-58(4)50-54-72-64(70)48-42-40-38-36-34-32-30-28-26-24-22-20-18-16-14-12-10-2/h55-58,67-68H,9-54H2,1-8H3. The highest BCUT2D eigenvalue weighted by molar-refractivity contribution is 5.69. The predicted molar refractivity (Wildman–Crippen MR) is 311 cm³/mol. The molecule has 0 saturated heterocycles. The first-order valence-corrected chi connectivity index (χ1v) is 31.6. The number of esters is 2. The van der Waals surface area contributed by atoms with Gasteiger partial charge in [0.25, 0.3) is 0 Å². The van der Waals surface area contributed by atoms with E-state index in [9.17, 15) is 19.8 Å². The molecule has 0 fully saturated rings. The van der Waals surface area contributed by atoms with Crippen molar-refractivity contribution in [3.63, 3.8) is 0 Å². The molecule has 0 spiro atoms. The van der Waals surface area contributed by atoms with Crippen LogP contribution in [0.4, 0.5) is 0 Å². The summed E-state index contributed by atoms with van der Waals surface area (Å²) in [5.41, 5.74) is 0.985. The molecule has 0 heterocycles. The molecule has 0 aromatic heterocycles. The van der Waals surface area contributed by atoms with Crippen molar-refractivity contribution in [2.75, 3.05) is 13.2 Å². The molecule has 1 rings (SSSR count). The fourth-order valence-corrected chi connectivity index (χ4v) is 10.9. The summed E-state index contributed by atoms with van der Waals surface area (Å²) in [6.45, 7) is 18.6. The van der Waals surface area contributed by atoms with E-state index in [0.717, 1.165) is 88.2 Å². The quantitative estimate of drug-likeness (QED) is 0.0384. The van der Waals surface area contributed by atoms with Crippen molar-refractivity contribution in [1.82, 2.24) is 0 Å². The van der Waals surface area contributed by atoms with E-state index in [1.807, 2.05) is 0 Å². The summed E-state index contributed by atoms with van der Waals surface area (Å²) in [6.07, 6.45) is 54.1. The Hall–Kier alpha value is -2.24. The molecule has 1 aromatic carbocycles. The van der Waals surface area contributed by atoms with Crippen LogP contribution in [0.1, 0.15) is 349 Å². The van der Waals surface area contributed by atoms with Crippen LogP contribution in [0.25, 0.3) is 0 Å². The van der Waals surface area contributed by atoms with E-state index in [0.29, 0.717) is 37.9 Å². The Balaban J connectivity index is 2.16. The number of ether oxygens (including phenoxy) is 2. The van der Waals surface area contributed by atoms with Crippen molar-refractivity contribution < 1.29 is 29.3 Å². The van der Waals surface area contributed by atoms with E-state index in [1.165, 1.54) is 193 Å². The lowest BCUT2D eigenvalue weighted by Gasteiger charge is -2.31. The van der Waals surface area contributed by atoms with Crippen LogP contribution in [0.2, 0.25) is 0 Å². The lowest BCUT2D eigenvalue weighted by molar-refractivity contribution is -0.145. The second kappa shape index (κ2) is 45.0. The summed E-state index contributed by atoms with van der Waals surface area (Å²) in [6, 6.07) is 3.60. The lowest BCUT2D eigenvalue weighted by atomic mass is 9.75. The minimum absolute atomic E-state index is 0.0546. The smallest absolute Gasteiger partial charge is 0.305 e. The number of hydrogen-bond acceptors (Lipinski definition) is 6. The maximum Gasteiger partial charge on any atom is 0.305 e. The topological polar surface area (TPSA) is 93.1 Å². The fraction of sp³-hybridized carbons (Fsp3) is 0.879. The van der Waals surface area contributed by atoms with Gasteiger partial charge < -0.3 is 19.7 Å². The van der Waals surface area contributed by atoms with Crippen LogP contribution in [0.5, 0.6) is 11.5 Å². The summed E-state index contributed by atoms with van der Waals surface area (Å²) < 4.78 is 11.2. The first-order valence-electron chi connectivity index (χ1n) is 31.6. The molecule has 0 radical (unpaired) electrons. The van der Waals surface area contributed by atoms with Crippen molar-refractivity contribution in [2.24, 2.45) is 11.8 Å². The van der Waals surface area contributed by atoms with E-state index in [2.05, 4.69) is 55.4 Å². The zero-order valence-electron chi connectivity index (χ0n) is 49.4. The minimum atomic E-state index is -0.298. The second-order valence-corrected chi connectivity index (χ2v) is 24.5. The van der Waals surface area contributed by atoms with Gasteiger partial charge in [0, 0.05) is 24.0 Å². The van der Waals surface area contributed by atoms with E-state index < -0.39 is 0 Å². The molecule has 6 heteroatoms. The summed E-state index contributed by atoms with van der Waals surface area (Å²) in [7, 11) is 0. The molecule has 2 atom stereocenters. The van der Waals surface area contributed by atoms with Crippen LogP contribution in [-0.2, 0) is 29.9 Å². The second-order valence-electron chi connectivity index (χ2n) is 24.5. The number of benzene rings is 1. The zero-order chi connectivity index (χ0) is 53.0. The molecular formula is C66H122O6. The SMILES string of the molecule is CCCCCCCCCCCCCCCCCCCC(=O)OCCC(C)CCCC(C)(C)c1cc(O)c(C(C)(C)CCCC(C)CCOC(=O)CCCCCCCCCCCCCCCCCCC)cc1O. The Morgan fingerprint density at radius 2 is 0.625 bits per heavy atom. The van der Waals surface area contributed by atoms with Crippen LogP contribution >= 0.6 is 0 Å². The first-order chi connectivity index (χ1) is 34.7. The Bertz CT molecular complexity index is 1310. The highest BCUT2D eigenvalue weighted by Gasteiger charge is 2.30. The van der Waals surface area contributed by atoms with Crippen LogP contribution in [-0.4, -0.2) is 35.4 Å². The molecule has 72 heavy (non-hydrogen) atoms. The first kappa shape index (κ1) is 67.8. The molecule has 0 bridgehead atoms. The average molecular weight is 1010 g/mol. The maximum atomic E-state index is 12.4. The van der Waals surface area contributed by atoms with Gasteiger partial charge in [-0.2, -0.15) is 0 Å². The number of carbonyl (C=O) groups excluding carboxylic acids is 2. The van der Waals surface area contributed by atoms with E-state index in [4.69, 9.17) is 9.47 Å². The largest absolute Gasteiger partial charge is 0.508 e. The highest BCUT2D eigenvalue weighted by atomic mass is 16.5. The van der Waals surface area contributed by atoms with Crippen LogP contribution in [0, 0.1) is 11.8 Å². The number of unbranched alkanes of at least 4 members (excludes halogenated alkanes) is 32. The Morgan fingerprint density at radius 3 is 0.875 bits per heavy atom. The van der Waals surface area contributed by atoms with Gasteiger partial charge in [0.05, 0.1) is 13.2 Å². The molecule has 0 aliphatic rings. The van der Waals surface area contributed by atoms with Crippen molar-refractivity contribution in [1.29, 1.82) is 0 Å². The molecule has 0 saturated carbocycles. The number of hydrogen-bond donors (Lipinski definition) is 2. The summed E-state index contributed by atoms with van der Waals surface area (Å²) in [4.78, 5) is 24.8. The van der Waals surface area contributed by atoms with E-state index >= 15 is 0 Å². The van der Waals surface area contributed by atoms with Crippen molar-refractivity contribution >= 4 is 11.9 Å². The number of aromatic hydroxyl groups is 2. The average Bonchev–Trinajstić information content (AvgIpc) is 3.33. The Kier molecular flexibility index (Phi) is 42.4. The monoisotopic (exact) mass is 1010 g/mol. The van der Waals surface area contributed by atoms with Gasteiger partial charge >= 0.3 is 11.9 Å². The molecule has 1 aromatic rings. The number of carbonyl (C=O) groups is 2. The van der Waals surface area contributed by atoms with E-state index in [-0.39, 0.29) is 34.3 Å². The number of rotatable bonds is 52. The van der Waals surface area contributed by atoms with Crippen LogP contribution in [0.15, 0.2) is 12.1 Å². The van der Waals surface area contributed by atoms with Gasteiger partial charge in [-0.3, -0.25) is 9.59 Å². The Morgan fingerprint density at radius 1 is 0.389 bits per heavy atom. The molecular weight excluding hydrogens is 889 g/mol. The summed E-state index contributed by atoms with van der Waals surface area (Å²) in [5, 5.41) is 22.6. The van der Waals surface area contributed by atoms with Gasteiger partial charge in [0.2, 0.25) is 0 Å². The molecule has 2 N–H and O–H groups in total. The maximum absolute atomic E-state index is 12.4. The lowest BCUT2D eigenvalue weighted by Crippen LogP contribution is -2.21. The van der Waals surface area contributed by atoms with Crippen molar-refractivity contribution in [3.8, 4) is 11.5 Å². The normalized spacial score (nSPS) is 12.9. The predicted octanol–water partition coefficient (Wildman–Crippen LogP) is 21.2. The summed E-state index contributed by atoms with van der Waals surface area (Å²) >= 11 is 0. The highest BCUT2D eigenvalue weighted by Crippen LogP contribution is 2.44. The number of phenolic OH excluding ortho intramolecular Hbond substituents is 2. The third-order valence-electron chi connectivity index (χ3n) is 16.3. The molecule has 0 aliphatic heterocycles. The minimum Gasteiger partial charge on any atom is -0.508 e. The third-order valence-corrected chi connectivity index (χ3v) is 16.3. The van der Waals surface area contributed by atoms with Crippen LogP contribution in [0.3, 0.4) is 0 Å². The summed E-state index contributed by atoms with van der Waals surface area (Å²) in [5.74, 6) is 1.29. The zero-order valence-corrected chi connectivity index (χ0v) is 49.4. The van der Waals surface area contributed by atoms with Gasteiger partial charge in [0.1, 0.15) is 11.5 Å². The van der Waals surface area contributed by atoms with Crippen LogP contribution < -0.4 is 0 Å². The fourth-order valence-electron chi connectivity index (χ4n) is 10.9. The van der Waals surface area contributed by atoms with Gasteiger partial charge in [-0.05, 0) is 73.3 Å². The Labute approximate surface area is 447 Å². The van der Waals surface area contributed by atoms with Crippen molar-refractivity contribution in [2.45, 2.75) is 349 Å². The number of phenols is 2. The van der Waals surface area contributed by atoms with Crippen molar-refractivity contribution in [3.05, 3.63) is 23.3 Å². The third kappa shape index (κ3) is 37.5. The molecule has 2 unspecified atom stereocenters. The van der Waals surface area contributed by atoms with Gasteiger partial charge in [-0.25, -0.2) is 0 Å². The molecule has 0 aliphatic carbocycles. The van der Waals surface area contributed by atoms with E-state index in [1.54, 1.807) is 12.1 Å². The van der Waals surface area contributed by atoms with Gasteiger partial charge in [0.15, 0.2) is 0 Å². The molecule has 0 amide bonds. The van der Waals surface area contributed by atoms with Gasteiger partial charge in [-0.1, -0.05) is 287 Å². The molecule has 422 valence electrons. The van der Waals surface area contributed by atoms with Gasteiger partial charge in [-0.15, -0.1) is 0 Å².